The van der Waals surface area contributed by atoms with Crippen molar-refractivity contribution in [1.82, 2.24) is 9.97 Å². The fourth-order valence-corrected chi connectivity index (χ4v) is 5.52. The summed E-state index contributed by atoms with van der Waals surface area (Å²) in [5, 5.41) is 3.58. The topological polar surface area (TPSA) is 104 Å². The second kappa shape index (κ2) is 10.0. The van der Waals surface area contributed by atoms with E-state index in [0.717, 1.165) is 16.8 Å². The van der Waals surface area contributed by atoms with Crippen molar-refractivity contribution in [3.05, 3.63) is 108 Å². The van der Waals surface area contributed by atoms with Crippen LogP contribution in [0.1, 0.15) is 42.5 Å². The summed E-state index contributed by atoms with van der Waals surface area (Å²) >= 11 is 0. The van der Waals surface area contributed by atoms with E-state index in [4.69, 9.17) is 0 Å². The molecule has 7 nitrogen and oxygen atoms in total. The van der Waals surface area contributed by atoms with Crippen LogP contribution in [0.25, 0.3) is 22.0 Å². The maximum atomic E-state index is 13.4. The number of carbonyl (C=O) groups is 1. The van der Waals surface area contributed by atoms with Crippen LogP contribution in [0.4, 0.5) is 11.5 Å². The number of aryl methyl sites for hydroxylation is 1. The first kappa shape index (κ1) is 26.2. The minimum atomic E-state index is -3.82. The first-order valence-electron chi connectivity index (χ1n) is 12.6. The monoisotopic (exact) mass is 538 g/mol. The molecule has 0 spiro atoms. The second-order valence-electron chi connectivity index (χ2n) is 10.5. The Hall–Kier alpha value is -4.43. The van der Waals surface area contributed by atoms with Crippen LogP contribution in [0.2, 0.25) is 0 Å². The van der Waals surface area contributed by atoms with Gasteiger partial charge in [-0.25, -0.2) is 13.4 Å². The highest BCUT2D eigenvalue weighted by Crippen LogP contribution is 2.35. The fourth-order valence-electron chi connectivity index (χ4n) is 4.47. The number of nitrogens with zero attached hydrogens (tertiary/aromatic N) is 1. The Morgan fingerprint density at radius 2 is 1.59 bits per heavy atom. The summed E-state index contributed by atoms with van der Waals surface area (Å²) in [6.07, 6.45) is 0. The van der Waals surface area contributed by atoms with Gasteiger partial charge < -0.3 is 10.3 Å². The van der Waals surface area contributed by atoms with Crippen LogP contribution >= 0.6 is 0 Å². The number of pyridine rings is 1. The lowest BCUT2D eigenvalue weighted by Gasteiger charge is -2.19. The SMILES string of the molecule is Cc1cccc(NC(=O)c2[nH]c3ccc(NS(=O)(=O)c4ccc(C(C)(C)C)cc4)cc3c2-c2ccccc2)n1. The molecule has 0 unspecified atom stereocenters. The van der Waals surface area contributed by atoms with E-state index >= 15 is 0 Å². The zero-order valence-corrected chi connectivity index (χ0v) is 23.1. The minimum Gasteiger partial charge on any atom is -0.350 e. The van der Waals surface area contributed by atoms with E-state index in [1.54, 1.807) is 36.4 Å². The lowest BCUT2D eigenvalue weighted by molar-refractivity contribution is 0.102. The predicted octanol–water partition coefficient (Wildman–Crippen LogP) is 6.89. The van der Waals surface area contributed by atoms with Crippen molar-refractivity contribution in [1.29, 1.82) is 0 Å². The lowest BCUT2D eigenvalue weighted by atomic mass is 9.87. The Kier molecular flexibility index (Phi) is 6.74. The molecule has 8 heteroatoms. The predicted molar refractivity (Wildman–Crippen MR) is 157 cm³/mol. The summed E-state index contributed by atoms with van der Waals surface area (Å²) < 4.78 is 29.1. The van der Waals surface area contributed by atoms with Crippen molar-refractivity contribution < 1.29 is 13.2 Å². The number of hydrogen-bond donors (Lipinski definition) is 3. The second-order valence-corrected chi connectivity index (χ2v) is 12.2. The molecular formula is C31H30N4O3S. The average Bonchev–Trinajstić information content (AvgIpc) is 3.27. The molecule has 0 saturated heterocycles. The molecule has 2 aromatic heterocycles. The number of amides is 1. The van der Waals surface area contributed by atoms with Gasteiger partial charge >= 0.3 is 0 Å². The number of benzene rings is 3. The normalized spacial score (nSPS) is 11.9. The van der Waals surface area contributed by atoms with Crippen LogP contribution in [-0.2, 0) is 15.4 Å². The number of sulfonamides is 1. The Morgan fingerprint density at radius 1 is 0.872 bits per heavy atom. The van der Waals surface area contributed by atoms with Gasteiger partial charge in [0.15, 0.2) is 0 Å². The van der Waals surface area contributed by atoms with Crippen molar-refractivity contribution in [2.75, 3.05) is 10.0 Å². The molecule has 0 aliphatic rings. The molecule has 0 bridgehead atoms. The Bertz CT molecular complexity index is 1770. The van der Waals surface area contributed by atoms with Crippen LogP contribution in [0.3, 0.4) is 0 Å². The molecule has 0 radical (unpaired) electrons. The highest BCUT2D eigenvalue weighted by molar-refractivity contribution is 7.92. The highest BCUT2D eigenvalue weighted by Gasteiger charge is 2.22. The van der Waals surface area contributed by atoms with Crippen LogP contribution in [0, 0.1) is 6.92 Å². The van der Waals surface area contributed by atoms with Gasteiger partial charge in [0.2, 0.25) is 0 Å². The molecule has 198 valence electrons. The minimum absolute atomic E-state index is 0.0811. The molecule has 0 saturated carbocycles. The maximum Gasteiger partial charge on any atom is 0.273 e. The number of aromatic nitrogens is 2. The number of rotatable bonds is 6. The van der Waals surface area contributed by atoms with Gasteiger partial charge in [-0.15, -0.1) is 0 Å². The molecule has 2 heterocycles. The van der Waals surface area contributed by atoms with Gasteiger partial charge in [0.1, 0.15) is 11.5 Å². The molecule has 39 heavy (non-hydrogen) atoms. The Balaban J connectivity index is 1.53. The molecule has 0 aliphatic carbocycles. The lowest BCUT2D eigenvalue weighted by Crippen LogP contribution is -2.15. The fraction of sp³-hybridized carbons (Fsp3) is 0.161. The first-order chi connectivity index (χ1) is 18.5. The Labute approximate surface area is 228 Å². The van der Waals surface area contributed by atoms with E-state index < -0.39 is 10.0 Å². The Morgan fingerprint density at radius 3 is 2.26 bits per heavy atom. The van der Waals surface area contributed by atoms with Gasteiger partial charge in [-0.2, -0.15) is 0 Å². The van der Waals surface area contributed by atoms with Gasteiger partial charge in [-0.3, -0.25) is 9.52 Å². The zero-order valence-electron chi connectivity index (χ0n) is 22.2. The molecule has 3 aromatic carbocycles. The summed E-state index contributed by atoms with van der Waals surface area (Å²) in [6, 6.07) is 27.1. The summed E-state index contributed by atoms with van der Waals surface area (Å²) in [6.45, 7) is 8.10. The van der Waals surface area contributed by atoms with Gasteiger partial charge in [0.25, 0.3) is 15.9 Å². The molecule has 5 aromatic rings. The third-order valence-corrected chi connectivity index (χ3v) is 7.90. The number of hydrogen-bond acceptors (Lipinski definition) is 4. The molecule has 0 aliphatic heterocycles. The van der Waals surface area contributed by atoms with Crippen molar-refractivity contribution in [2.24, 2.45) is 0 Å². The van der Waals surface area contributed by atoms with Crippen molar-refractivity contribution in [3.8, 4) is 11.1 Å². The van der Waals surface area contributed by atoms with E-state index in [0.29, 0.717) is 33.7 Å². The summed E-state index contributed by atoms with van der Waals surface area (Å²) in [4.78, 5) is 21.2. The van der Waals surface area contributed by atoms with Crippen molar-refractivity contribution >= 4 is 38.3 Å². The third kappa shape index (κ3) is 5.56. The maximum absolute atomic E-state index is 13.4. The molecule has 0 atom stereocenters. The van der Waals surface area contributed by atoms with Crippen LogP contribution in [0.15, 0.2) is 95.9 Å². The van der Waals surface area contributed by atoms with Crippen LogP contribution in [-0.4, -0.2) is 24.3 Å². The van der Waals surface area contributed by atoms with Gasteiger partial charge in [0, 0.05) is 27.8 Å². The summed E-state index contributed by atoms with van der Waals surface area (Å²) in [5.41, 5.74) is 4.71. The zero-order chi connectivity index (χ0) is 27.8. The van der Waals surface area contributed by atoms with E-state index in [1.807, 2.05) is 61.5 Å². The van der Waals surface area contributed by atoms with Gasteiger partial charge in [0.05, 0.1) is 4.90 Å². The number of nitrogens with one attached hydrogen (secondary N) is 3. The number of H-pyrrole nitrogens is 1. The van der Waals surface area contributed by atoms with E-state index in [1.165, 1.54) is 0 Å². The smallest absolute Gasteiger partial charge is 0.273 e. The molecule has 5 rings (SSSR count). The molecular weight excluding hydrogens is 508 g/mol. The number of carbonyl (C=O) groups excluding carboxylic acids is 1. The van der Waals surface area contributed by atoms with Crippen molar-refractivity contribution in [3.63, 3.8) is 0 Å². The van der Waals surface area contributed by atoms with Crippen LogP contribution in [0.5, 0.6) is 0 Å². The summed E-state index contributed by atoms with van der Waals surface area (Å²) in [7, 11) is -3.82. The quantitative estimate of drug-likeness (QED) is 0.219. The van der Waals surface area contributed by atoms with Crippen molar-refractivity contribution in [2.45, 2.75) is 38.0 Å². The number of fused-ring (bicyclic) bond motifs is 1. The van der Waals surface area contributed by atoms with E-state index in [2.05, 4.69) is 40.8 Å². The standard InChI is InChI=1S/C31H30N4O3S/c1-20-9-8-12-27(32-20)34-30(36)29-28(21-10-6-5-7-11-21)25-19-23(15-18-26(25)33-29)35-39(37,38)24-16-13-22(14-17-24)31(2,3)4/h5-19,33,35H,1-4H3,(H,32,34,36). The van der Waals surface area contributed by atoms with Gasteiger partial charge in [-0.1, -0.05) is 69.3 Å². The largest absolute Gasteiger partial charge is 0.350 e. The number of aromatic amines is 1. The van der Waals surface area contributed by atoms with E-state index in [-0.39, 0.29) is 16.2 Å². The van der Waals surface area contributed by atoms with Crippen LogP contribution < -0.4 is 10.0 Å². The molecule has 0 fully saturated rings. The molecule has 3 N–H and O–H groups in total. The van der Waals surface area contributed by atoms with E-state index in [9.17, 15) is 13.2 Å². The summed E-state index contributed by atoms with van der Waals surface area (Å²) in [5.74, 6) is 0.104. The highest BCUT2D eigenvalue weighted by atomic mass is 32.2. The van der Waals surface area contributed by atoms with Gasteiger partial charge in [-0.05, 0) is 65.9 Å². The first-order valence-corrected chi connectivity index (χ1v) is 14.1. The average molecular weight is 539 g/mol. The third-order valence-electron chi connectivity index (χ3n) is 6.50. The number of anilines is 2. The molecule has 1 amide bonds.